The summed E-state index contributed by atoms with van der Waals surface area (Å²) in [5.41, 5.74) is 0. The van der Waals surface area contributed by atoms with Crippen LogP contribution in [0.3, 0.4) is 0 Å². The van der Waals surface area contributed by atoms with Gasteiger partial charge in [0, 0.05) is 24.7 Å². The maximum Gasteiger partial charge on any atom is 0.136 e. The fourth-order valence-corrected chi connectivity index (χ4v) is 2.69. The monoisotopic (exact) mass is 180 g/mol. The normalized spacial score (nSPS) is 40.2. The molecule has 13 heavy (non-hydrogen) atoms. The number of hydrogen-bond acceptors (Lipinski definition) is 2. The molecule has 0 aromatic rings. The van der Waals surface area contributed by atoms with Gasteiger partial charge in [0.15, 0.2) is 0 Å². The van der Waals surface area contributed by atoms with E-state index >= 15 is 0 Å². The third-order valence-electron chi connectivity index (χ3n) is 3.62. The van der Waals surface area contributed by atoms with Crippen LogP contribution in [0.4, 0.5) is 0 Å². The molecule has 0 heterocycles. The number of ketones is 2. The SMILES string of the molecule is CC1CCCC(=O)C1C1CCC1=O. The van der Waals surface area contributed by atoms with Gasteiger partial charge in [-0.3, -0.25) is 9.59 Å². The van der Waals surface area contributed by atoms with Gasteiger partial charge in [0.2, 0.25) is 0 Å². The highest BCUT2D eigenvalue weighted by molar-refractivity contribution is 5.93. The minimum absolute atomic E-state index is 0.0787. The van der Waals surface area contributed by atoms with Gasteiger partial charge in [0.05, 0.1) is 0 Å². The highest BCUT2D eigenvalue weighted by Crippen LogP contribution is 2.39. The van der Waals surface area contributed by atoms with Crippen molar-refractivity contribution in [1.82, 2.24) is 0 Å². The van der Waals surface area contributed by atoms with Crippen molar-refractivity contribution in [2.75, 3.05) is 0 Å². The molecule has 0 aromatic heterocycles. The summed E-state index contributed by atoms with van der Waals surface area (Å²) in [6.07, 6.45) is 4.52. The maximum absolute atomic E-state index is 11.6. The van der Waals surface area contributed by atoms with Crippen LogP contribution in [0.25, 0.3) is 0 Å². The molecule has 2 aliphatic carbocycles. The molecule has 2 rings (SSSR count). The highest BCUT2D eigenvalue weighted by atomic mass is 16.1. The van der Waals surface area contributed by atoms with Crippen molar-refractivity contribution < 1.29 is 9.59 Å². The first-order valence-corrected chi connectivity index (χ1v) is 5.25. The Morgan fingerprint density at radius 2 is 1.85 bits per heavy atom. The van der Waals surface area contributed by atoms with Crippen LogP contribution >= 0.6 is 0 Å². The average molecular weight is 180 g/mol. The predicted octanol–water partition coefficient (Wildman–Crippen LogP) is 1.97. The number of carbonyl (C=O) groups is 2. The van der Waals surface area contributed by atoms with Crippen LogP contribution in [-0.2, 0) is 9.59 Å². The lowest BCUT2D eigenvalue weighted by Crippen LogP contribution is -2.42. The molecular formula is C11H16O2. The predicted molar refractivity (Wildman–Crippen MR) is 49.2 cm³/mol. The molecule has 72 valence electrons. The van der Waals surface area contributed by atoms with Crippen LogP contribution in [0.1, 0.15) is 39.0 Å². The second-order valence-electron chi connectivity index (χ2n) is 4.47. The van der Waals surface area contributed by atoms with Crippen molar-refractivity contribution in [2.45, 2.75) is 39.0 Å². The molecule has 0 aromatic carbocycles. The van der Waals surface area contributed by atoms with Gasteiger partial charge < -0.3 is 0 Å². The lowest BCUT2D eigenvalue weighted by molar-refractivity contribution is -0.141. The summed E-state index contributed by atoms with van der Waals surface area (Å²) in [5, 5.41) is 0. The molecule has 3 atom stereocenters. The first-order chi connectivity index (χ1) is 6.20. The van der Waals surface area contributed by atoms with Gasteiger partial charge in [0.25, 0.3) is 0 Å². The largest absolute Gasteiger partial charge is 0.299 e. The van der Waals surface area contributed by atoms with E-state index in [1.807, 2.05) is 0 Å². The van der Waals surface area contributed by atoms with E-state index in [9.17, 15) is 9.59 Å². The molecular weight excluding hydrogens is 164 g/mol. The van der Waals surface area contributed by atoms with Crippen molar-refractivity contribution in [3.63, 3.8) is 0 Å². The van der Waals surface area contributed by atoms with Crippen LogP contribution < -0.4 is 0 Å². The second kappa shape index (κ2) is 3.24. The van der Waals surface area contributed by atoms with Gasteiger partial charge in [-0.05, 0) is 25.2 Å². The van der Waals surface area contributed by atoms with Crippen molar-refractivity contribution in [2.24, 2.45) is 17.8 Å². The Morgan fingerprint density at radius 1 is 1.08 bits per heavy atom. The van der Waals surface area contributed by atoms with Crippen molar-refractivity contribution in [3.05, 3.63) is 0 Å². The Bertz CT molecular complexity index is 244. The van der Waals surface area contributed by atoms with Crippen LogP contribution in [0, 0.1) is 17.8 Å². The zero-order valence-electron chi connectivity index (χ0n) is 8.08. The van der Waals surface area contributed by atoms with Crippen LogP contribution in [-0.4, -0.2) is 11.6 Å². The molecule has 0 radical (unpaired) electrons. The Morgan fingerprint density at radius 3 is 2.31 bits per heavy atom. The summed E-state index contributed by atoms with van der Waals surface area (Å²) in [4.78, 5) is 22.9. The number of rotatable bonds is 1. The molecule has 0 amide bonds. The van der Waals surface area contributed by atoms with E-state index < -0.39 is 0 Å². The Labute approximate surface area is 78.7 Å². The van der Waals surface area contributed by atoms with Gasteiger partial charge in [-0.15, -0.1) is 0 Å². The van der Waals surface area contributed by atoms with Crippen molar-refractivity contribution in [3.8, 4) is 0 Å². The van der Waals surface area contributed by atoms with E-state index in [2.05, 4.69) is 6.92 Å². The van der Waals surface area contributed by atoms with Crippen LogP contribution in [0.2, 0.25) is 0 Å². The second-order valence-corrected chi connectivity index (χ2v) is 4.47. The van der Waals surface area contributed by atoms with Gasteiger partial charge >= 0.3 is 0 Å². The van der Waals surface area contributed by atoms with Gasteiger partial charge in [-0.25, -0.2) is 0 Å². The molecule has 0 spiro atoms. The minimum atomic E-state index is 0.0787. The van der Waals surface area contributed by atoms with E-state index in [1.165, 1.54) is 0 Å². The minimum Gasteiger partial charge on any atom is -0.299 e. The van der Waals surface area contributed by atoms with E-state index in [0.717, 1.165) is 19.3 Å². The summed E-state index contributed by atoms with van der Waals surface area (Å²) in [7, 11) is 0. The molecule has 2 fully saturated rings. The van der Waals surface area contributed by atoms with Crippen LogP contribution in [0.15, 0.2) is 0 Å². The molecule has 2 saturated carbocycles. The third-order valence-corrected chi connectivity index (χ3v) is 3.62. The lowest BCUT2D eigenvalue weighted by atomic mass is 9.64. The fraction of sp³-hybridized carbons (Fsp3) is 0.818. The average Bonchev–Trinajstić information content (AvgIpc) is 2.09. The third kappa shape index (κ3) is 1.43. The van der Waals surface area contributed by atoms with Gasteiger partial charge in [0.1, 0.15) is 11.6 Å². The topological polar surface area (TPSA) is 34.1 Å². The van der Waals surface area contributed by atoms with Crippen LogP contribution in [0.5, 0.6) is 0 Å². The highest BCUT2D eigenvalue weighted by Gasteiger charge is 2.42. The molecule has 3 unspecified atom stereocenters. The maximum atomic E-state index is 11.6. The fourth-order valence-electron chi connectivity index (χ4n) is 2.69. The number of carbonyl (C=O) groups excluding carboxylic acids is 2. The Balaban J connectivity index is 2.09. The van der Waals surface area contributed by atoms with E-state index in [-0.39, 0.29) is 11.8 Å². The first kappa shape index (κ1) is 8.92. The van der Waals surface area contributed by atoms with Gasteiger partial charge in [-0.1, -0.05) is 6.92 Å². The zero-order valence-corrected chi connectivity index (χ0v) is 8.08. The molecule has 0 aliphatic heterocycles. The molecule has 0 saturated heterocycles. The molecule has 2 nitrogen and oxygen atoms in total. The lowest BCUT2D eigenvalue weighted by Gasteiger charge is -2.37. The standard InChI is InChI=1S/C11H16O2/c1-7-3-2-4-10(13)11(7)8-5-6-9(8)12/h7-8,11H,2-6H2,1H3. The summed E-state index contributed by atoms with van der Waals surface area (Å²) < 4.78 is 0. The van der Waals surface area contributed by atoms with Crippen molar-refractivity contribution in [1.29, 1.82) is 0 Å². The van der Waals surface area contributed by atoms with Crippen molar-refractivity contribution >= 4 is 11.6 Å². The Kier molecular flexibility index (Phi) is 2.22. The smallest absolute Gasteiger partial charge is 0.136 e. The van der Waals surface area contributed by atoms with E-state index in [1.54, 1.807) is 0 Å². The molecule has 2 heteroatoms. The number of hydrogen-bond donors (Lipinski definition) is 0. The van der Waals surface area contributed by atoms with Gasteiger partial charge in [-0.2, -0.15) is 0 Å². The molecule has 2 aliphatic rings. The molecule has 0 N–H and O–H groups in total. The first-order valence-electron chi connectivity index (χ1n) is 5.25. The summed E-state index contributed by atoms with van der Waals surface area (Å²) in [6, 6.07) is 0. The summed E-state index contributed by atoms with van der Waals surface area (Å²) >= 11 is 0. The number of Topliss-reactive ketones (excluding diaryl/α,β-unsaturated/α-hetero) is 2. The quantitative estimate of drug-likeness (QED) is 0.618. The zero-order chi connectivity index (χ0) is 9.42. The van der Waals surface area contributed by atoms with E-state index in [0.29, 0.717) is 30.3 Å². The molecule has 0 bridgehead atoms. The van der Waals surface area contributed by atoms with E-state index in [4.69, 9.17) is 0 Å². The summed E-state index contributed by atoms with van der Waals surface area (Å²) in [6.45, 7) is 2.12. The summed E-state index contributed by atoms with van der Waals surface area (Å²) in [5.74, 6) is 1.29. The Hall–Kier alpha value is -0.660.